The van der Waals surface area contributed by atoms with Gasteiger partial charge in [0, 0.05) is 30.6 Å². The molecule has 1 saturated carbocycles. The van der Waals surface area contributed by atoms with Crippen molar-refractivity contribution in [3.63, 3.8) is 0 Å². The van der Waals surface area contributed by atoms with E-state index in [9.17, 15) is 14.7 Å². The van der Waals surface area contributed by atoms with Gasteiger partial charge >= 0.3 is 0 Å². The van der Waals surface area contributed by atoms with Gasteiger partial charge in [-0.3, -0.25) is 9.59 Å². The summed E-state index contributed by atoms with van der Waals surface area (Å²) in [5, 5.41) is 12.3. The fraction of sp³-hybridized carbons (Fsp3) is 0.600. The maximum atomic E-state index is 12.8. The number of aryl methyl sites for hydroxylation is 2. The highest BCUT2D eigenvalue weighted by Crippen LogP contribution is 2.44. The molecule has 1 saturated heterocycles. The third kappa shape index (κ3) is 4.21. The summed E-state index contributed by atoms with van der Waals surface area (Å²) >= 11 is 0. The Balaban J connectivity index is 1.60. The summed E-state index contributed by atoms with van der Waals surface area (Å²) in [5.74, 6) is -0.130. The van der Waals surface area contributed by atoms with Gasteiger partial charge in [0.2, 0.25) is 5.91 Å². The Morgan fingerprint density at radius 2 is 1.92 bits per heavy atom. The van der Waals surface area contributed by atoms with Gasteiger partial charge in [-0.1, -0.05) is 17.2 Å². The molecule has 1 atom stereocenters. The van der Waals surface area contributed by atoms with Crippen LogP contribution in [0.1, 0.15) is 47.2 Å². The van der Waals surface area contributed by atoms with Crippen LogP contribution in [-0.4, -0.2) is 48.1 Å². The lowest BCUT2D eigenvalue weighted by molar-refractivity contribution is -0.126. The summed E-state index contributed by atoms with van der Waals surface area (Å²) in [6.07, 6.45) is 3.62. The SMILES string of the molecule is Cc1cc(C)cc(C(=O)N2CCCC(C(=O)NCC3(CO)CC3)C2)c1. The molecule has 3 rings (SSSR count). The van der Waals surface area contributed by atoms with E-state index < -0.39 is 0 Å². The van der Waals surface area contributed by atoms with E-state index in [2.05, 4.69) is 11.4 Å². The van der Waals surface area contributed by atoms with Crippen molar-refractivity contribution in [1.82, 2.24) is 10.2 Å². The molecule has 2 amide bonds. The molecule has 2 fully saturated rings. The number of hydrogen-bond donors (Lipinski definition) is 2. The van der Waals surface area contributed by atoms with Crippen molar-refractivity contribution in [3.8, 4) is 0 Å². The van der Waals surface area contributed by atoms with Crippen LogP contribution in [-0.2, 0) is 4.79 Å². The number of piperidine rings is 1. The van der Waals surface area contributed by atoms with Gasteiger partial charge < -0.3 is 15.3 Å². The lowest BCUT2D eigenvalue weighted by Gasteiger charge is -2.32. The van der Waals surface area contributed by atoms with Crippen molar-refractivity contribution >= 4 is 11.8 Å². The van der Waals surface area contributed by atoms with Crippen molar-refractivity contribution < 1.29 is 14.7 Å². The number of nitrogens with one attached hydrogen (secondary N) is 1. The number of aliphatic hydroxyl groups excluding tert-OH is 1. The van der Waals surface area contributed by atoms with Crippen LogP contribution in [0.5, 0.6) is 0 Å². The number of benzene rings is 1. The zero-order valence-electron chi connectivity index (χ0n) is 15.2. The number of nitrogens with zero attached hydrogens (tertiary/aromatic N) is 1. The van der Waals surface area contributed by atoms with Gasteiger partial charge in [-0.15, -0.1) is 0 Å². The summed E-state index contributed by atoms with van der Waals surface area (Å²) in [6.45, 7) is 5.84. The molecule has 2 N–H and O–H groups in total. The molecule has 1 unspecified atom stereocenters. The zero-order valence-corrected chi connectivity index (χ0v) is 15.2. The van der Waals surface area contributed by atoms with Gasteiger partial charge in [0.05, 0.1) is 12.5 Å². The quantitative estimate of drug-likeness (QED) is 0.859. The van der Waals surface area contributed by atoms with Crippen molar-refractivity contribution in [3.05, 3.63) is 34.9 Å². The molecule has 136 valence electrons. The smallest absolute Gasteiger partial charge is 0.253 e. The minimum Gasteiger partial charge on any atom is -0.396 e. The van der Waals surface area contributed by atoms with Gasteiger partial charge in [-0.25, -0.2) is 0 Å². The van der Waals surface area contributed by atoms with Crippen LogP contribution >= 0.6 is 0 Å². The second kappa shape index (κ2) is 7.16. The first-order valence-electron chi connectivity index (χ1n) is 9.19. The molecule has 0 aromatic heterocycles. The van der Waals surface area contributed by atoms with Gasteiger partial charge in [-0.2, -0.15) is 0 Å². The molecule has 1 aromatic rings. The van der Waals surface area contributed by atoms with Crippen LogP contribution in [0.3, 0.4) is 0 Å². The molecule has 1 aromatic carbocycles. The largest absolute Gasteiger partial charge is 0.396 e. The molecule has 0 bridgehead atoms. The Kier molecular flexibility index (Phi) is 5.13. The molecule has 5 heteroatoms. The summed E-state index contributed by atoms with van der Waals surface area (Å²) in [5.41, 5.74) is 2.77. The molecular weight excluding hydrogens is 316 g/mol. The van der Waals surface area contributed by atoms with E-state index in [0.717, 1.165) is 36.8 Å². The van der Waals surface area contributed by atoms with E-state index in [4.69, 9.17) is 0 Å². The lowest BCUT2D eigenvalue weighted by Crippen LogP contribution is -2.46. The number of carbonyl (C=O) groups excluding carboxylic acids is 2. The molecular formula is C20H28N2O3. The minimum atomic E-state index is -0.155. The first kappa shape index (κ1) is 17.9. The highest BCUT2D eigenvalue weighted by atomic mass is 16.3. The maximum Gasteiger partial charge on any atom is 0.253 e. The van der Waals surface area contributed by atoms with Crippen molar-refractivity contribution in [2.45, 2.75) is 39.5 Å². The third-order valence-electron chi connectivity index (χ3n) is 5.48. The van der Waals surface area contributed by atoms with Crippen LogP contribution in [0.2, 0.25) is 0 Å². The Hall–Kier alpha value is -1.88. The molecule has 1 aliphatic carbocycles. The van der Waals surface area contributed by atoms with E-state index in [1.165, 1.54) is 0 Å². The Morgan fingerprint density at radius 3 is 2.52 bits per heavy atom. The van der Waals surface area contributed by atoms with Crippen molar-refractivity contribution in [2.75, 3.05) is 26.2 Å². The molecule has 2 aliphatic rings. The highest BCUT2D eigenvalue weighted by Gasteiger charge is 2.42. The highest BCUT2D eigenvalue weighted by molar-refractivity contribution is 5.95. The fourth-order valence-electron chi connectivity index (χ4n) is 3.64. The molecule has 1 heterocycles. The van der Waals surface area contributed by atoms with Crippen molar-refractivity contribution in [2.24, 2.45) is 11.3 Å². The number of hydrogen-bond acceptors (Lipinski definition) is 3. The number of likely N-dealkylation sites (tertiary alicyclic amines) is 1. The molecule has 0 spiro atoms. The van der Waals surface area contributed by atoms with E-state index in [1.807, 2.05) is 26.0 Å². The van der Waals surface area contributed by atoms with Crippen LogP contribution in [0, 0.1) is 25.2 Å². The average Bonchev–Trinajstić information content (AvgIpc) is 3.39. The Bertz CT molecular complexity index is 647. The average molecular weight is 344 g/mol. The minimum absolute atomic E-state index is 0.0117. The van der Waals surface area contributed by atoms with Crippen molar-refractivity contribution in [1.29, 1.82) is 0 Å². The standard InChI is InChI=1S/C20H28N2O3/c1-14-8-15(2)10-17(9-14)19(25)22-7-3-4-16(11-22)18(24)21-12-20(13-23)5-6-20/h8-10,16,23H,3-7,11-13H2,1-2H3,(H,21,24). The van der Waals surface area contributed by atoms with E-state index >= 15 is 0 Å². The second-order valence-corrected chi connectivity index (χ2v) is 7.84. The first-order chi connectivity index (χ1) is 11.9. The monoisotopic (exact) mass is 344 g/mol. The maximum absolute atomic E-state index is 12.8. The molecule has 25 heavy (non-hydrogen) atoms. The number of carbonyl (C=O) groups is 2. The van der Waals surface area contributed by atoms with Gasteiger partial charge in [0.1, 0.15) is 0 Å². The van der Waals surface area contributed by atoms with Crippen LogP contribution in [0.25, 0.3) is 0 Å². The Morgan fingerprint density at radius 1 is 1.24 bits per heavy atom. The fourth-order valence-corrected chi connectivity index (χ4v) is 3.64. The molecule has 1 aliphatic heterocycles. The number of amides is 2. The number of aliphatic hydroxyl groups is 1. The third-order valence-corrected chi connectivity index (χ3v) is 5.48. The summed E-state index contributed by atoms with van der Waals surface area (Å²) in [4.78, 5) is 27.1. The lowest BCUT2D eigenvalue weighted by atomic mass is 9.95. The predicted molar refractivity (Wildman–Crippen MR) is 96.3 cm³/mol. The second-order valence-electron chi connectivity index (χ2n) is 7.84. The van der Waals surface area contributed by atoms with E-state index in [-0.39, 0.29) is 29.8 Å². The summed E-state index contributed by atoms with van der Waals surface area (Å²) < 4.78 is 0. The van der Waals surface area contributed by atoms with Gasteiger partial charge in [-0.05, 0) is 51.7 Å². The van der Waals surface area contributed by atoms with Crippen LogP contribution < -0.4 is 5.32 Å². The Labute approximate surface area is 149 Å². The van der Waals surface area contributed by atoms with E-state index in [0.29, 0.717) is 25.2 Å². The van der Waals surface area contributed by atoms with E-state index in [1.54, 1.807) is 4.90 Å². The number of rotatable bonds is 5. The zero-order chi connectivity index (χ0) is 18.0. The molecule has 5 nitrogen and oxygen atoms in total. The molecule has 0 radical (unpaired) electrons. The topological polar surface area (TPSA) is 69.6 Å². The van der Waals surface area contributed by atoms with Gasteiger partial charge in [0.25, 0.3) is 5.91 Å². The van der Waals surface area contributed by atoms with Crippen LogP contribution in [0.15, 0.2) is 18.2 Å². The normalized spacial score (nSPS) is 21.7. The predicted octanol–water partition coefficient (Wildman–Crippen LogP) is 2.04. The summed E-state index contributed by atoms with van der Waals surface area (Å²) in [7, 11) is 0. The van der Waals surface area contributed by atoms with Gasteiger partial charge in [0.15, 0.2) is 0 Å². The first-order valence-corrected chi connectivity index (χ1v) is 9.19. The van der Waals surface area contributed by atoms with Crippen LogP contribution in [0.4, 0.5) is 0 Å². The summed E-state index contributed by atoms with van der Waals surface area (Å²) in [6, 6.07) is 5.88.